The highest BCUT2D eigenvalue weighted by atomic mass is 19.1. The van der Waals surface area contributed by atoms with Crippen LogP contribution in [0.4, 0.5) is 4.39 Å². The Kier molecular flexibility index (Phi) is 3.74. The molecule has 0 bridgehead atoms. The minimum absolute atomic E-state index is 0.0531. The zero-order valence-corrected chi connectivity index (χ0v) is 9.95. The van der Waals surface area contributed by atoms with Gasteiger partial charge in [-0.25, -0.2) is 4.39 Å². The van der Waals surface area contributed by atoms with Crippen LogP contribution in [-0.2, 0) is 11.3 Å². The second kappa shape index (κ2) is 5.27. The summed E-state index contributed by atoms with van der Waals surface area (Å²) >= 11 is 0. The summed E-state index contributed by atoms with van der Waals surface area (Å²) < 4.78 is 13.3. The Morgan fingerprint density at radius 1 is 1.47 bits per heavy atom. The molecule has 1 fully saturated rings. The Balaban J connectivity index is 1.77. The van der Waals surface area contributed by atoms with Gasteiger partial charge >= 0.3 is 0 Å². The van der Waals surface area contributed by atoms with Crippen LogP contribution in [0.2, 0.25) is 0 Å². The van der Waals surface area contributed by atoms with Gasteiger partial charge in [-0.05, 0) is 26.0 Å². The van der Waals surface area contributed by atoms with E-state index in [1.165, 1.54) is 18.9 Å². The molecule has 1 aliphatic rings. The third kappa shape index (κ3) is 3.53. The standard InChI is InChI=1S/C13H17FN2O/c1-16(11-6-7-11)9-13(17)15-8-10-4-2-3-5-12(10)14/h2-5,11H,6-9H2,1H3,(H,15,17). The summed E-state index contributed by atoms with van der Waals surface area (Å²) in [5.74, 6) is -0.328. The number of hydrogen-bond acceptors (Lipinski definition) is 2. The zero-order valence-electron chi connectivity index (χ0n) is 9.95. The van der Waals surface area contributed by atoms with E-state index >= 15 is 0 Å². The van der Waals surface area contributed by atoms with E-state index < -0.39 is 0 Å². The van der Waals surface area contributed by atoms with Gasteiger partial charge in [0.25, 0.3) is 0 Å². The van der Waals surface area contributed by atoms with Gasteiger partial charge in [0.1, 0.15) is 5.82 Å². The van der Waals surface area contributed by atoms with Crippen molar-refractivity contribution in [3.8, 4) is 0 Å². The number of amides is 1. The average Bonchev–Trinajstić information content (AvgIpc) is 3.11. The monoisotopic (exact) mass is 236 g/mol. The van der Waals surface area contributed by atoms with Crippen LogP contribution < -0.4 is 5.32 Å². The highest BCUT2D eigenvalue weighted by Gasteiger charge is 2.27. The Morgan fingerprint density at radius 2 is 2.18 bits per heavy atom. The molecule has 92 valence electrons. The molecule has 17 heavy (non-hydrogen) atoms. The molecule has 1 aromatic carbocycles. The molecule has 4 heteroatoms. The highest BCUT2D eigenvalue weighted by Crippen LogP contribution is 2.24. The van der Waals surface area contributed by atoms with E-state index in [0.717, 1.165) is 0 Å². The van der Waals surface area contributed by atoms with E-state index in [4.69, 9.17) is 0 Å². The van der Waals surface area contributed by atoms with Gasteiger partial charge in [-0.15, -0.1) is 0 Å². The van der Waals surface area contributed by atoms with Gasteiger partial charge in [0.15, 0.2) is 0 Å². The first-order valence-electron chi connectivity index (χ1n) is 5.87. The van der Waals surface area contributed by atoms with Crippen LogP contribution in [0, 0.1) is 5.82 Å². The first kappa shape index (κ1) is 12.0. The maximum atomic E-state index is 13.3. The fraction of sp³-hybridized carbons (Fsp3) is 0.462. The molecule has 0 heterocycles. The highest BCUT2D eigenvalue weighted by molar-refractivity contribution is 5.78. The van der Waals surface area contributed by atoms with Crippen LogP contribution in [0.25, 0.3) is 0 Å². The third-order valence-corrected chi connectivity index (χ3v) is 3.00. The number of rotatable bonds is 5. The van der Waals surface area contributed by atoms with Gasteiger partial charge in [0.2, 0.25) is 5.91 Å². The van der Waals surface area contributed by atoms with Crippen LogP contribution in [0.3, 0.4) is 0 Å². The van der Waals surface area contributed by atoms with Gasteiger partial charge in [0, 0.05) is 18.2 Å². The fourth-order valence-corrected chi connectivity index (χ4v) is 1.76. The molecule has 1 saturated carbocycles. The van der Waals surface area contributed by atoms with Crippen molar-refractivity contribution in [1.29, 1.82) is 0 Å². The van der Waals surface area contributed by atoms with Crippen LogP contribution in [0.1, 0.15) is 18.4 Å². The number of nitrogens with one attached hydrogen (secondary N) is 1. The molecule has 1 amide bonds. The minimum atomic E-state index is -0.275. The van der Waals surface area contributed by atoms with Gasteiger partial charge in [-0.2, -0.15) is 0 Å². The van der Waals surface area contributed by atoms with Crippen molar-refractivity contribution >= 4 is 5.91 Å². The fourth-order valence-electron chi connectivity index (χ4n) is 1.76. The second-order valence-electron chi connectivity index (χ2n) is 4.51. The van der Waals surface area contributed by atoms with Crippen molar-refractivity contribution in [2.75, 3.05) is 13.6 Å². The lowest BCUT2D eigenvalue weighted by Crippen LogP contribution is -2.35. The number of likely N-dealkylation sites (N-methyl/N-ethyl adjacent to an activating group) is 1. The number of halogens is 1. The van der Waals surface area contributed by atoms with Crippen LogP contribution >= 0.6 is 0 Å². The molecule has 1 N–H and O–H groups in total. The SMILES string of the molecule is CN(CC(=O)NCc1ccccc1F)C1CC1. The molecule has 0 atom stereocenters. The van der Waals surface area contributed by atoms with Crippen molar-refractivity contribution < 1.29 is 9.18 Å². The van der Waals surface area contributed by atoms with Gasteiger partial charge in [-0.1, -0.05) is 18.2 Å². The Bertz CT molecular complexity index is 404. The van der Waals surface area contributed by atoms with E-state index in [9.17, 15) is 9.18 Å². The number of benzene rings is 1. The summed E-state index contributed by atoms with van der Waals surface area (Å²) in [6.45, 7) is 0.642. The van der Waals surface area contributed by atoms with Gasteiger partial charge in [-0.3, -0.25) is 9.69 Å². The van der Waals surface area contributed by atoms with E-state index in [-0.39, 0.29) is 18.3 Å². The minimum Gasteiger partial charge on any atom is -0.351 e. The Morgan fingerprint density at radius 3 is 2.82 bits per heavy atom. The number of carbonyl (C=O) groups is 1. The van der Waals surface area contributed by atoms with Crippen molar-refractivity contribution in [2.45, 2.75) is 25.4 Å². The molecule has 0 saturated heterocycles. The van der Waals surface area contributed by atoms with Crippen molar-refractivity contribution in [3.63, 3.8) is 0 Å². The van der Waals surface area contributed by atoms with Gasteiger partial charge in [0.05, 0.1) is 6.54 Å². The summed E-state index contributed by atoms with van der Waals surface area (Å²) in [4.78, 5) is 13.6. The lowest BCUT2D eigenvalue weighted by molar-refractivity contribution is -0.122. The predicted octanol–water partition coefficient (Wildman–Crippen LogP) is 1.54. The van der Waals surface area contributed by atoms with Crippen molar-refractivity contribution in [3.05, 3.63) is 35.6 Å². The normalized spacial score (nSPS) is 15.0. The lowest BCUT2D eigenvalue weighted by Gasteiger charge is -2.15. The van der Waals surface area contributed by atoms with Crippen molar-refractivity contribution in [2.24, 2.45) is 0 Å². The van der Waals surface area contributed by atoms with Crippen LogP contribution in [-0.4, -0.2) is 30.4 Å². The summed E-state index contributed by atoms with van der Waals surface area (Å²) in [5.41, 5.74) is 0.523. The largest absolute Gasteiger partial charge is 0.351 e. The number of hydrogen-bond donors (Lipinski definition) is 1. The summed E-state index contributed by atoms with van der Waals surface area (Å²) in [6.07, 6.45) is 2.36. The zero-order chi connectivity index (χ0) is 12.3. The molecule has 0 aliphatic heterocycles. The maximum Gasteiger partial charge on any atom is 0.234 e. The second-order valence-corrected chi connectivity index (χ2v) is 4.51. The van der Waals surface area contributed by atoms with E-state index in [1.807, 2.05) is 11.9 Å². The van der Waals surface area contributed by atoms with E-state index in [1.54, 1.807) is 18.2 Å². The molecule has 0 spiro atoms. The Labute approximate surface area is 101 Å². The summed E-state index contributed by atoms with van der Waals surface area (Å²) in [6, 6.07) is 7.05. The quantitative estimate of drug-likeness (QED) is 0.841. The van der Waals surface area contributed by atoms with Gasteiger partial charge < -0.3 is 5.32 Å². The summed E-state index contributed by atoms with van der Waals surface area (Å²) in [5, 5.41) is 2.73. The third-order valence-electron chi connectivity index (χ3n) is 3.00. The van der Waals surface area contributed by atoms with Crippen molar-refractivity contribution in [1.82, 2.24) is 10.2 Å². The average molecular weight is 236 g/mol. The molecule has 3 nitrogen and oxygen atoms in total. The molecule has 2 rings (SSSR count). The van der Waals surface area contributed by atoms with Crippen LogP contribution in [0.5, 0.6) is 0 Å². The predicted molar refractivity (Wildman–Crippen MR) is 63.9 cm³/mol. The van der Waals surface area contributed by atoms with E-state index in [2.05, 4.69) is 5.32 Å². The smallest absolute Gasteiger partial charge is 0.234 e. The first-order chi connectivity index (χ1) is 8.16. The molecule has 0 radical (unpaired) electrons. The lowest BCUT2D eigenvalue weighted by atomic mass is 10.2. The Hall–Kier alpha value is -1.42. The maximum absolute atomic E-state index is 13.3. The first-order valence-corrected chi connectivity index (χ1v) is 5.87. The molecular formula is C13H17FN2O. The molecule has 0 aromatic heterocycles. The van der Waals surface area contributed by atoms with E-state index in [0.29, 0.717) is 18.2 Å². The topological polar surface area (TPSA) is 32.3 Å². The molecule has 0 unspecified atom stereocenters. The molecule has 1 aliphatic carbocycles. The molecule has 1 aromatic rings. The van der Waals surface area contributed by atoms with Crippen LogP contribution in [0.15, 0.2) is 24.3 Å². The summed E-state index contributed by atoms with van der Waals surface area (Å²) in [7, 11) is 1.94. The molecular weight excluding hydrogens is 219 g/mol. The number of carbonyl (C=O) groups excluding carboxylic acids is 1. The number of nitrogens with zero attached hydrogens (tertiary/aromatic N) is 1.